The molecule has 0 amide bonds. The van der Waals surface area contributed by atoms with Gasteiger partial charge in [0.2, 0.25) is 0 Å². The number of aliphatic hydroxyl groups is 2. The van der Waals surface area contributed by atoms with Crippen LogP contribution in [0.1, 0.15) is 27.1 Å². The Bertz CT molecular complexity index is 608. The molecule has 2 aromatic carbocycles. The molecule has 2 N–H and O–H groups in total. The first kappa shape index (κ1) is 18.6. The molecule has 0 atom stereocenters. The Morgan fingerprint density at radius 1 is 0.826 bits per heavy atom. The highest BCUT2D eigenvalue weighted by Crippen LogP contribution is 2.19. The first-order valence-corrected chi connectivity index (χ1v) is 6.99. The van der Waals surface area contributed by atoms with Crippen LogP contribution < -0.4 is 0 Å². The molecule has 0 heterocycles. The van der Waals surface area contributed by atoms with Gasteiger partial charge in [-0.25, -0.2) is 9.59 Å². The van der Waals surface area contributed by atoms with Crippen LogP contribution in [0.3, 0.4) is 0 Å². The number of fused-ring (bicyclic) bond motifs is 1. The highest BCUT2D eigenvalue weighted by atomic mass is 16.5. The van der Waals surface area contributed by atoms with Gasteiger partial charge >= 0.3 is 11.9 Å². The number of hydrogen-bond donors (Lipinski definition) is 2. The molecule has 0 aliphatic heterocycles. The van der Waals surface area contributed by atoms with E-state index in [1.54, 1.807) is 36.4 Å². The normalized spacial score (nSPS) is 9.74. The van der Waals surface area contributed by atoms with Crippen LogP contribution >= 0.6 is 0 Å². The predicted octanol–water partition coefficient (Wildman–Crippen LogP) is 1.77. The van der Waals surface area contributed by atoms with E-state index in [1.807, 2.05) is 0 Å². The second-order valence-electron chi connectivity index (χ2n) is 4.56. The third-order valence-corrected chi connectivity index (χ3v) is 3.00. The van der Waals surface area contributed by atoms with Crippen LogP contribution in [0.25, 0.3) is 10.8 Å². The van der Waals surface area contributed by atoms with E-state index in [9.17, 15) is 9.59 Å². The first-order chi connectivity index (χ1) is 11.1. The van der Waals surface area contributed by atoms with Crippen molar-refractivity contribution in [2.45, 2.75) is 6.42 Å². The van der Waals surface area contributed by atoms with Crippen molar-refractivity contribution >= 4 is 22.7 Å². The van der Waals surface area contributed by atoms with Gasteiger partial charge in [0, 0.05) is 13.2 Å². The fraction of sp³-hybridized carbons (Fsp3) is 0.294. The third-order valence-electron chi connectivity index (χ3n) is 3.00. The van der Waals surface area contributed by atoms with Gasteiger partial charge in [0.1, 0.15) is 0 Å². The number of methoxy groups -OCH3 is 2. The van der Waals surface area contributed by atoms with Crippen LogP contribution in [0.5, 0.6) is 0 Å². The summed E-state index contributed by atoms with van der Waals surface area (Å²) in [5.41, 5.74) is 0.964. The van der Waals surface area contributed by atoms with Crippen LogP contribution in [0.2, 0.25) is 0 Å². The van der Waals surface area contributed by atoms with Crippen molar-refractivity contribution in [3.63, 3.8) is 0 Å². The van der Waals surface area contributed by atoms with Gasteiger partial charge < -0.3 is 19.7 Å². The van der Waals surface area contributed by atoms with Crippen molar-refractivity contribution in [2.24, 2.45) is 0 Å². The monoisotopic (exact) mass is 320 g/mol. The molecule has 2 rings (SSSR count). The lowest BCUT2D eigenvalue weighted by Gasteiger charge is -2.04. The van der Waals surface area contributed by atoms with Gasteiger partial charge in [-0.1, -0.05) is 12.1 Å². The fourth-order valence-corrected chi connectivity index (χ4v) is 1.81. The number of aliphatic hydroxyl groups excluding tert-OH is 2. The van der Waals surface area contributed by atoms with E-state index in [4.69, 9.17) is 10.2 Å². The topological polar surface area (TPSA) is 93.1 Å². The van der Waals surface area contributed by atoms with Gasteiger partial charge in [-0.3, -0.25) is 0 Å². The summed E-state index contributed by atoms with van der Waals surface area (Å²) in [5, 5.41) is 17.5. The van der Waals surface area contributed by atoms with Gasteiger partial charge in [-0.2, -0.15) is 0 Å². The predicted molar refractivity (Wildman–Crippen MR) is 85.4 cm³/mol. The molecule has 0 unspecified atom stereocenters. The molecule has 23 heavy (non-hydrogen) atoms. The molecule has 0 saturated heterocycles. The van der Waals surface area contributed by atoms with E-state index in [1.165, 1.54) is 14.2 Å². The van der Waals surface area contributed by atoms with E-state index >= 15 is 0 Å². The molecule has 0 aliphatic rings. The quantitative estimate of drug-likeness (QED) is 0.834. The van der Waals surface area contributed by atoms with Gasteiger partial charge in [0.25, 0.3) is 0 Å². The Morgan fingerprint density at radius 3 is 1.48 bits per heavy atom. The van der Waals surface area contributed by atoms with Crippen molar-refractivity contribution in [2.75, 3.05) is 27.4 Å². The second kappa shape index (κ2) is 9.55. The lowest BCUT2D eigenvalue weighted by atomic mass is 10.0. The zero-order chi connectivity index (χ0) is 17.2. The minimum atomic E-state index is -0.381. The smallest absolute Gasteiger partial charge is 0.337 e. The van der Waals surface area contributed by atoms with E-state index in [2.05, 4.69) is 9.47 Å². The molecule has 0 aromatic heterocycles. The van der Waals surface area contributed by atoms with E-state index in [0.29, 0.717) is 17.5 Å². The van der Waals surface area contributed by atoms with Crippen LogP contribution in [-0.2, 0) is 9.47 Å². The number of carbonyl (C=O) groups excluding carboxylic acids is 2. The molecule has 0 fully saturated rings. The summed E-state index contributed by atoms with van der Waals surface area (Å²) in [6.07, 6.45) is 0.500. The Morgan fingerprint density at radius 2 is 1.22 bits per heavy atom. The maximum atomic E-state index is 11.4. The lowest BCUT2D eigenvalue weighted by Crippen LogP contribution is -2.02. The van der Waals surface area contributed by atoms with Crippen molar-refractivity contribution in [3.05, 3.63) is 47.5 Å². The highest BCUT2D eigenvalue weighted by molar-refractivity contribution is 5.98. The maximum absolute atomic E-state index is 11.4. The van der Waals surface area contributed by atoms with Crippen molar-refractivity contribution in [1.82, 2.24) is 0 Å². The molecule has 6 heteroatoms. The number of rotatable bonds is 4. The third kappa shape index (κ3) is 5.36. The largest absolute Gasteiger partial charge is 0.465 e. The van der Waals surface area contributed by atoms with Crippen LogP contribution in [0.15, 0.2) is 36.4 Å². The molecule has 0 saturated carbocycles. The SMILES string of the molecule is COC(=O)c1ccc2cc(C(=O)OC)ccc2c1.OCCCO. The molecule has 6 nitrogen and oxygen atoms in total. The second-order valence-corrected chi connectivity index (χ2v) is 4.56. The first-order valence-electron chi connectivity index (χ1n) is 6.99. The van der Waals surface area contributed by atoms with E-state index in [-0.39, 0.29) is 25.2 Å². The zero-order valence-electron chi connectivity index (χ0n) is 13.1. The molecule has 2 aromatic rings. The van der Waals surface area contributed by atoms with Crippen LogP contribution in [0.4, 0.5) is 0 Å². The lowest BCUT2D eigenvalue weighted by molar-refractivity contribution is 0.0591. The van der Waals surface area contributed by atoms with E-state index in [0.717, 1.165) is 10.8 Å². The minimum absolute atomic E-state index is 0.0938. The van der Waals surface area contributed by atoms with E-state index < -0.39 is 0 Å². The Labute approximate surface area is 134 Å². The average molecular weight is 320 g/mol. The molecule has 0 spiro atoms. The molecule has 124 valence electrons. The summed E-state index contributed by atoms with van der Waals surface area (Å²) < 4.78 is 9.30. The Balaban J connectivity index is 0.000000463. The number of benzene rings is 2. The molecule has 0 radical (unpaired) electrons. The average Bonchev–Trinajstić information content (AvgIpc) is 2.60. The molecular weight excluding hydrogens is 300 g/mol. The standard InChI is InChI=1S/C14H12O4.C3H8O2/c1-17-13(15)11-5-3-10-8-12(14(16)18-2)6-4-9(10)7-11;4-2-1-3-5/h3-8H,1-2H3;4-5H,1-3H2. The van der Waals surface area contributed by atoms with Crippen LogP contribution in [-0.4, -0.2) is 49.6 Å². The maximum Gasteiger partial charge on any atom is 0.337 e. The molecule has 0 aliphatic carbocycles. The van der Waals surface area contributed by atoms with Gasteiger partial charge in [-0.15, -0.1) is 0 Å². The number of carbonyl (C=O) groups is 2. The van der Waals surface area contributed by atoms with Crippen LogP contribution in [0, 0.1) is 0 Å². The Hall–Kier alpha value is -2.44. The number of hydrogen-bond acceptors (Lipinski definition) is 6. The van der Waals surface area contributed by atoms with Gasteiger partial charge in [0.15, 0.2) is 0 Å². The van der Waals surface area contributed by atoms with Crippen molar-refractivity contribution in [1.29, 1.82) is 0 Å². The summed E-state index contributed by atoms with van der Waals surface area (Å²) in [5.74, 6) is -0.761. The summed E-state index contributed by atoms with van der Waals surface area (Å²) in [7, 11) is 2.68. The fourth-order valence-electron chi connectivity index (χ4n) is 1.81. The van der Waals surface area contributed by atoms with Crippen molar-refractivity contribution < 1.29 is 29.3 Å². The number of esters is 2. The molecule has 0 bridgehead atoms. The summed E-state index contributed by atoms with van der Waals surface area (Å²) in [6.45, 7) is 0.188. The minimum Gasteiger partial charge on any atom is -0.465 e. The summed E-state index contributed by atoms with van der Waals surface area (Å²) >= 11 is 0. The van der Waals surface area contributed by atoms with Gasteiger partial charge in [0.05, 0.1) is 25.3 Å². The number of ether oxygens (including phenoxy) is 2. The summed E-state index contributed by atoms with van der Waals surface area (Å²) in [6, 6.07) is 10.3. The summed E-state index contributed by atoms with van der Waals surface area (Å²) in [4.78, 5) is 22.8. The van der Waals surface area contributed by atoms with Gasteiger partial charge in [-0.05, 0) is 41.5 Å². The zero-order valence-corrected chi connectivity index (χ0v) is 13.1. The molecular formula is C17H20O6. The highest BCUT2D eigenvalue weighted by Gasteiger charge is 2.08. The Kier molecular flexibility index (Phi) is 7.73. The van der Waals surface area contributed by atoms with Crippen molar-refractivity contribution in [3.8, 4) is 0 Å².